The molecule has 8 nitrogen and oxygen atoms in total. The van der Waals surface area contributed by atoms with E-state index in [2.05, 4.69) is 123 Å². The minimum Gasteiger partial charge on any atom is -0.368 e. The van der Waals surface area contributed by atoms with Gasteiger partial charge in [0.2, 0.25) is 17.8 Å². The van der Waals surface area contributed by atoms with E-state index in [1.165, 1.54) is 5.56 Å². The zero-order valence-electron chi connectivity index (χ0n) is 26.2. The number of nitrogen functional groups attached to an aromatic ring is 1. The quantitative estimate of drug-likeness (QED) is 0.140. The molecule has 0 atom stereocenters. The van der Waals surface area contributed by atoms with Crippen LogP contribution < -0.4 is 21.3 Å². The van der Waals surface area contributed by atoms with Crippen molar-refractivity contribution in [3.05, 3.63) is 93.5 Å². The molecule has 4 N–H and O–H groups in total. The first-order chi connectivity index (χ1) is 20.7. The average Bonchev–Trinajstić information content (AvgIpc) is 2.95. The number of anilines is 5. The van der Waals surface area contributed by atoms with Crippen molar-refractivity contribution in [3.8, 4) is 0 Å². The maximum absolute atomic E-state index is 14.5. The van der Waals surface area contributed by atoms with Gasteiger partial charge in [0.1, 0.15) is 0 Å². The second-order valence-electron chi connectivity index (χ2n) is 13.0. The Labute approximate surface area is 277 Å². The molecule has 0 saturated heterocycles. The normalized spacial score (nSPS) is 11.7. The minimum absolute atomic E-state index is 0.0372. The van der Waals surface area contributed by atoms with Crippen molar-refractivity contribution in [2.24, 2.45) is 5.41 Å². The number of benzene rings is 3. The monoisotopic (exact) mass is 721 g/mol. The Morgan fingerprint density at radius 2 is 1.59 bits per heavy atom. The molecule has 0 fully saturated rings. The Kier molecular flexibility index (Phi) is 10.7. The molecule has 10 heteroatoms. The number of carbonyl (C=O) groups is 1. The Morgan fingerprint density at radius 1 is 0.886 bits per heavy atom. The molecule has 0 aliphatic rings. The van der Waals surface area contributed by atoms with E-state index >= 15 is 0 Å². The van der Waals surface area contributed by atoms with Gasteiger partial charge in [0.25, 0.3) is 5.91 Å². The number of nitrogens with one attached hydrogen (secondary N) is 2. The maximum atomic E-state index is 14.5. The predicted octanol–water partition coefficient (Wildman–Crippen LogP) is 8.85. The van der Waals surface area contributed by atoms with Crippen LogP contribution in [0, 0.1) is 5.41 Å². The van der Waals surface area contributed by atoms with Crippen LogP contribution in [-0.2, 0) is 17.3 Å². The number of halogens is 2. The van der Waals surface area contributed by atoms with Crippen LogP contribution in [0.15, 0.2) is 71.2 Å². The summed E-state index contributed by atoms with van der Waals surface area (Å²) in [5, 5.41) is 7.14. The lowest BCUT2D eigenvalue weighted by atomic mass is 9.87. The fraction of sp³-hybridized carbons (Fsp3) is 0.353. The molecule has 0 bridgehead atoms. The summed E-state index contributed by atoms with van der Waals surface area (Å²) in [4.78, 5) is 29.3. The lowest BCUT2D eigenvalue weighted by Gasteiger charge is -2.26. The topological polar surface area (TPSA) is 109 Å². The largest absolute Gasteiger partial charge is 0.368 e. The third-order valence-corrected chi connectivity index (χ3v) is 8.19. The van der Waals surface area contributed by atoms with Crippen molar-refractivity contribution in [2.75, 3.05) is 27.8 Å². The Bertz CT molecular complexity index is 1590. The van der Waals surface area contributed by atoms with E-state index in [0.717, 1.165) is 27.7 Å². The lowest BCUT2D eigenvalue weighted by Crippen LogP contribution is -2.31. The van der Waals surface area contributed by atoms with Crippen LogP contribution in [0.25, 0.3) is 0 Å². The number of nitrogens with two attached hydrogens (primary N) is 1. The Hall–Kier alpha value is -3.50. The van der Waals surface area contributed by atoms with E-state index in [-0.39, 0.29) is 28.6 Å². The first kappa shape index (κ1) is 33.4. The zero-order chi connectivity index (χ0) is 32.1. The molecule has 0 aliphatic heterocycles. The van der Waals surface area contributed by atoms with Crippen LogP contribution in [0.4, 0.5) is 29.2 Å². The van der Waals surface area contributed by atoms with E-state index in [4.69, 9.17) is 5.73 Å². The molecule has 1 aromatic heterocycles. The van der Waals surface area contributed by atoms with Crippen LogP contribution in [0.3, 0.4) is 0 Å². The fourth-order valence-corrected chi connectivity index (χ4v) is 5.24. The van der Waals surface area contributed by atoms with Crippen molar-refractivity contribution < 1.29 is 4.79 Å². The van der Waals surface area contributed by atoms with Crippen LogP contribution in [0.2, 0.25) is 0 Å². The second kappa shape index (κ2) is 14.1. The van der Waals surface area contributed by atoms with Crippen molar-refractivity contribution in [1.29, 1.82) is 0 Å². The number of rotatable bonds is 10. The van der Waals surface area contributed by atoms with Crippen LogP contribution in [0.5, 0.6) is 0 Å². The molecule has 0 spiro atoms. The molecule has 0 aliphatic carbocycles. The van der Waals surface area contributed by atoms with Crippen molar-refractivity contribution in [3.63, 3.8) is 0 Å². The van der Waals surface area contributed by atoms with E-state index in [1.807, 2.05) is 42.5 Å². The molecule has 0 radical (unpaired) electrons. The third kappa shape index (κ3) is 9.25. The molecule has 3 aromatic carbocycles. The lowest BCUT2D eigenvalue weighted by molar-refractivity contribution is 0.0986. The molecule has 0 saturated carbocycles. The summed E-state index contributed by atoms with van der Waals surface area (Å²) in [6.45, 7) is 14.2. The minimum atomic E-state index is -0.175. The number of aromatic nitrogens is 3. The number of alkyl halides is 1. The van der Waals surface area contributed by atoms with Crippen LogP contribution in [-0.4, -0.2) is 27.4 Å². The molecule has 1 heterocycles. The van der Waals surface area contributed by atoms with E-state index in [9.17, 15) is 4.79 Å². The SMILES string of the molecule is CC(C)(C)CCNc1nc(N)nc(Nc2ccc(Br)cc2C(=O)N(Cc2ccc(C(C)(C)C)cc2)c2cccc(CBr)c2)n1. The molecule has 0 unspecified atom stereocenters. The first-order valence-corrected chi connectivity index (χ1v) is 16.5. The highest BCUT2D eigenvalue weighted by Gasteiger charge is 2.23. The van der Waals surface area contributed by atoms with Gasteiger partial charge >= 0.3 is 0 Å². The summed E-state index contributed by atoms with van der Waals surface area (Å²) in [6.07, 6.45) is 0.928. The van der Waals surface area contributed by atoms with Gasteiger partial charge in [-0.1, -0.05) is 110 Å². The molecule has 44 heavy (non-hydrogen) atoms. The molecule has 4 rings (SSSR count). The average molecular weight is 724 g/mol. The van der Waals surface area contributed by atoms with Crippen LogP contribution in [0.1, 0.15) is 75.0 Å². The van der Waals surface area contributed by atoms with Gasteiger partial charge in [0.15, 0.2) is 0 Å². The Morgan fingerprint density at radius 3 is 2.25 bits per heavy atom. The van der Waals surface area contributed by atoms with E-state index in [1.54, 1.807) is 4.90 Å². The Balaban J connectivity index is 1.68. The van der Waals surface area contributed by atoms with Crippen molar-refractivity contribution >= 4 is 67.0 Å². The third-order valence-electron chi connectivity index (χ3n) is 7.05. The van der Waals surface area contributed by atoms with Gasteiger partial charge in [0, 0.05) is 22.0 Å². The van der Waals surface area contributed by atoms with Gasteiger partial charge < -0.3 is 21.3 Å². The summed E-state index contributed by atoms with van der Waals surface area (Å²) in [5.41, 5.74) is 11.4. The van der Waals surface area contributed by atoms with E-state index in [0.29, 0.717) is 35.6 Å². The molecule has 1 amide bonds. The highest BCUT2D eigenvalue weighted by molar-refractivity contribution is 9.10. The number of hydrogen-bond acceptors (Lipinski definition) is 7. The molecular weight excluding hydrogens is 682 g/mol. The van der Waals surface area contributed by atoms with Gasteiger partial charge in [-0.25, -0.2) is 0 Å². The first-order valence-electron chi connectivity index (χ1n) is 14.6. The van der Waals surface area contributed by atoms with Gasteiger partial charge in [-0.15, -0.1) is 0 Å². The van der Waals surface area contributed by atoms with Gasteiger partial charge in [0.05, 0.1) is 17.8 Å². The predicted molar refractivity (Wildman–Crippen MR) is 189 cm³/mol. The molecule has 232 valence electrons. The fourth-order valence-electron chi connectivity index (χ4n) is 4.53. The van der Waals surface area contributed by atoms with Gasteiger partial charge in [-0.2, -0.15) is 15.0 Å². The summed E-state index contributed by atoms with van der Waals surface area (Å²) in [7, 11) is 0. The smallest absolute Gasteiger partial charge is 0.260 e. The number of nitrogens with zero attached hydrogens (tertiary/aromatic N) is 4. The van der Waals surface area contributed by atoms with Crippen molar-refractivity contribution in [1.82, 2.24) is 15.0 Å². The highest BCUT2D eigenvalue weighted by atomic mass is 79.9. The number of hydrogen-bond donors (Lipinski definition) is 3. The standard InChI is InChI=1S/C34H41Br2N7O/c1-33(2,3)16-17-38-31-40-30(37)41-32(42-31)39-28-15-14-25(36)19-27(28)29(44)43(26-9-7-8-23(18-26)20-35)21-22-10-12-24(13-11-22)34(4,5)6/h7-15,18-19H,16-17,20-21H2,1-6H3,(H4,37,38,39,40,41,42). The maximum Gasteiger partial charge on any atom is 0.260 e. The van der Waals surface area contributed by atoms with Crippen molar-refractivity contribution in [2.45, 2.75) is 65.3 Å². The number of carbonyl (C=O) groups excluding carboxylic acids is 1. The molecule has 4 aromatic rings. The van der Waals surface area contributed by atoms with E-state index < -0.39 is 0 Å². The molecular formula is C34H41Br2N7O. The second-order valence-corrected chi connectivity index (χ2v) is 14.5. The summed E-state index contributed by atoms with van der Waals surface area (Å²) >= 11 is 7.12. The summed E-state index contributed by atoms with van der Waals surface area (Å²) < 4.78 is 0.773. The summed E-state index contributed by atoms with van der Waals surface area (Å²) in [6, 6.07) is 22.0. The van der Waals surface area contributed by atoms with Crippen LogP contribution >= 0.6 is 31.9 Å². The van der Waals surface area contributed by atoms with Gasteiger partial charge in [-0.05, 0) is 64.3 Å². The summed E-state index contributed by atoms with van der Waals surface area (Å²) in [5.74, 6) is 0.530. The highest BCUT2D eigenvalue weighted by Crippen LogP contribution is 2.30. The zero-order valence-corrected chi connectivity index (χ0v) is 29.4. The number of amides is 1. The van der Waals surface area contributed by atoms with Gasteiger partial charge in [-0.3, -0.25) is 4.79 Å².